The molecule has 0 saturated carbocycles. The molecule has 0 saturated heterocycles. The molecule has 90 valence electrons. The van der Waals surface area contributed by atoms with Crippen LogP contribution in [0.25, 0.3) is 5.57 Å². The number of aliphatic imine (C=N–C) groups is 2. The lowest BCUT2D eigenvalue weighted by Crippen LogP contribution is -2.14. The van der Waals surface area contributed by atoms with Crippen molar-refractivity contribution >= 4 is 38.9 Å². The summed E-state index contributed by atoms with van der Waals surface area (Å²) in [6, 6.07) is 4.63. The Morgan fingerprint density at radius 2 is 2.00 bits per heavy atom. The van der Waals surface area contributed by atoms with E-state index in [-0.39, 0.29) is 10.6 Å². The van der Waals surface area contributed by atoms with Crippen molar-refractivity contribution in [1.82, 2.24) is 0 Å². The third-order valence-electron chi connectivity index (χ3n) is 2.81. The first-order valence-corrected chi connectivity index (χ1v) is 7.08. The van der Waals surface area contributed by atoms with Crippen LogP contribution in [0, 0.1) is 0 Å². The second-order valence-corrected chi connectivity index (χ2v) is 6.09. The zero-order valence-corrected chi connectivity index (χ0v) is 10.2. The second-order valence-electron chi connectivity index (χ2n) is 4.08. The summed E-state index contributed by atoms with van der Waals surface area (Å²) in [7, 11) is -3.27. The highest BCUT2D eigenvalue weighted by Crippen LogP contribution is 2.37. The van der Waals surface area contributed by atoms with Gasteiger partial charge in [-0.05, 0) is 24.3 Å². The average molecular weight is 260 g/mol. The molecule has 2 aliphatic heterocycles. The zero-order valence-electron chi connectivity index (χ0n) is 9.41. The quantitative estimate of drug-likeness (QED) is 0.760. The van der Waals surface area contributed by atoms with E-state index >= 15 is 0 Å². The maximum atomic E-state index is 11.5. The minimum atomic E-state index is -3.27. The lowest BCUT2D eigenvalue weighted by atomic mass is 10.0. The second kappa shape index (κ2) is 3.46. The zero-order chi connectivity index (χ0) is 12.9. The highest BCUT2D eigenvalue weighted by atomic mass is 32.2. The predicted molar refractivity (Wildman–Crippen MR) is 68.1 cm³/mol. The summed E-state index contributed by atoms with van der Waals surface area (Å²) in [5, 5.41) is 0. The first-order chi connectivity index (χ1) is 8.47. The first kappa shape index (κ1) is 11.0. The monoisotopic (exact) mass is 260 g/mol. The van der Waals surface area contributed by atoms with E-state index in [0.29, 0.717) is 16.8 Å². The Balaban J connectivity index is 2.22. The molecule has 0 bridgehead atoms. The van der Waals surface area contributed by atoms with Gasteiger partial charge in [0.15, 0.2) is 9.84 Å². The number of benzene rings is 1. The predicted octanol–water partition coefficient (Wildman–Crippen LogP) is 1.17. The number of hydrogen-bond acceptors (Lipinski definition) is 4. The average Bonchev–Trinajstić information content (AvgIpc) is 2.67. The van der Waals surface area contributed by atoms with Crippen molar-refractivity contribution < 1.29 is 13.2 Å². The summed E-state index contributed by atoms with van der Waals surface area (Å²) in [4.78, 5) is 19.6. The molecule has 1 amide bonds. The lowest BCUT2D eigenvalue weighted by Gasteiger charge is -2.05. The number of nitrogens with zero attached hydrogens (tertiary/aromatic N) is 2. The summed E-state index contributed by atoms with van der Waals surface area (Å²) in [6.45, 7) is 0. The molecule has 0 unspecified atom stereocenters. The molecule has 1 aromatic rings. The Labute approximate surface area is 103 Å². The molecule has 0 aliphatic carbocycles. The number of sulfone groups is 1. The van der Waals surface area contributed by atoms with Crippen LogP contribution in [-0.2, 0) is 14.6 Å². The van der Waals surface area contributed by atoms with Crippen molar-refractivity contribution in [1.29, 1.82) is 0 Å². The largest absolute Gasteiger partial charge is 0.296 e. The van der Waals surface area contributed by atoms with Gasteiger partial charge in [-0.3, -0.25) is 4.79 Å². The lowest BCUT2D eigenvalue weighted by molar-refractivity contribution is -0.111. The molecule has 3 rings (SSSR count). The summed E-state index contributed by atoms with van der Waals surface area (Å²) < 4.78 is 23.0. The highest BCUT2D eigenvalue weighted by molar-refractivity contribution is 7.90. The van der Waals surface area contributed by atoms with Gasteiger partial charge in [0.2, 0.25) is 0 Å². The Morgan fingerprint density at radius 3 is 2.72 bits per heavy atom. The van der Waals surface area contributed by atoms with Crippen molar-refractivity contribution in [2.24, 2.45) is 9.98 Å². The molecule has 18 heavy (non-hydrogen) atoms. The van der Waals surface area contributed by atoms with E-state index < -0.39 is 15.7 Å². The number of amides is 1. The van der Waals surface area contributed by atoms with Crippen molar-refractivity contribution in [3.63, 3.8) is 0 Å². The fourth-order valence-electron chi connectivity index (χ4n) is 1.94. The Morgan fingerprint density at radius 1 is 1.22 bits per heavy atom. The third-order valence-corrected chi connectivity index (χ3v) is 3.92. The number of rotatable bonds is 1. The fourth-order valence-corrected chi connectivity index (χ4v) is 2.59. The molecular weight excluding hydrogens is 252 g/mol. The molecule has 0 N–H and O–H groups in total. The van der Waals surface area contributed by atoms with Gasteiger partial charge in [-0.15, -0.1) is 0 Å². The van der Waals surface area contributed by atoms with Crippen LogP contribution < -0.4 is 0 Å². The maximum absolute atomic E-state index is 11.5. The van der Waals surface area contributed by atoms with E-state index in [1.807, 2.05) is 0 Å². The molecule has 0 atom stereocenters. The molecule has 2 aliphatic rings. The summed E-state index contributed by atoms with van der Waals surface area (Å²) in [5.41, 5.74) is 2.17. The van der Waals surface area contributed by atoms with Crippen molar-refractivity contribution in [3.05, 3.63) is 29.8 Å². The summed E-state index contributed by atoms with van der Waals surface area (Å²) in [5.74, 6) is -0.399. The molecule has 0 spiro atoms. The molecule has 6 heteroatoms. The topological polar surface area (TPSA) is 75.9 Å². The Kier molecular flexibility index (Phi) is 2.12. The summed E-state index contributed by atoms with van der Waals surface area (Å²) in [6.07, 6.45) is 4.21. The SMILES string of the molecule is CS(=O)(=O)c1ccc2c(c1)C1=CC=NC(=O)C1=N2. The minimum absolute atomic E-state index is 0.216. The van der Waals surface area contributed by atoms with E-state index in [0.717, 1.165) is 6.26 Å². The minimum Gasteiger partial charge on any atom is -0.265 e. The van der Waals surface area contributed by atoms with E-state index in [9.17, 15) is 13.2 Å². The van der Waals surface area contributed by atoms with Crippen LogP contribution in [0.3, 0.4) is 0 Å². The summed E-state index contributed by atoms with van der Waals surface area (Å²) >= 11 is 0. The first-order valence-electron chi connectivity index (χ1n) is 5.19. The number of fused-ring (bicyclic) bond motifs is 3. The van der Waals surface area contributed by atoms with Gasteiger partial charge in [0.1, 0.15) is 5.71 Å². The molecule has 2 heterocycles. The Bertz CT molecular complexity index is 771. The van der Waals surface area contributed by atoms with Gasteiger partial charge < -0.3 is 0 Å². The van der Waals surface area contributed by atoms with E-state index in [1.54, 1.807) is 18.2 Å². The number of hydrogen-bond donors (Lipinski definition) is 0. The van der Waals surface area contributed by atoms with Crippen molar-refractivity contribution in [2.45, 2.75) is 4.90 Å². The van der Waals surface area contributed by atoms with E-state index in [4.69, 9.17) is 0 Å². The van der Waals surface area contributed by atoms with Gasteiger partial charge in [-0.1, -0.05) is 0 Å². The van der Waals surface area contributed by atoms with Crippen LogP contribution >= 0.6 is 0 Å². The van der Waals surface area contributed by atoms with Gasteiger partial charge in [0.05, 0.1) is 10.6 Å². The number of dihydropyridines is 1. The van der Waals surface area contributed by atoms with Crippen molar-refractivity contribution in [3.8, 4) is 0 Å². The highest BCUT2D eigenvalue weighted by Gasteiger charge is 2.28. The van der Waals surface area contributed by atoms with Crippen molar-refractivity contribution in [2.75, 3.05) is 6.26 Å². The third kappa shape index (κ3) is 1.53. The molecule has 1 aromatic carbocycles. The van der Waals surface area contributed by atoms with Crippen LogP contribution in [0.15, 0.2) is 39.2 Å². The van der Waals surface area contributed by atoms with Crippen LogP contribution in [0.1, 0.15) is 5.56 Å². The van der Waals surface area contributed by atoms with Gasteiger partial charge in [0, 0.05) is 23.6 Å². The van der Waals surface area contributed by atoms with Crippen LogP contribution in [-0.4, -0.2) is 32.5 Å². The van der Waals surface area contributed by atoms with Gasteiger partial charge in [0.25, 0.3) is 5.91 Å². The molecule has 0 aromatic heterocycles. The molecule has 0 radical (unpaired) electrons. The van der Waals surface area contributed by atoms with Gasteiger partial charge in [-0.2, -0.15) is 0 Å². The molecular formula is C12H8N2O3S. The number of allylic oxidation sites excluding steroid dienone is 1. The number of carbonyl (C=O) groups excluding carboxylic acids is 1. The van der Waals surface area contributed by atoms with Crippen LogP contribution in [0.5, 0.6) is 0 Å². The Hall–Kier alpha value is -2.08. The maximum Gasteiger partial charge on any atom is 0.296 e. The van der Waals surface area contributed by atoms with E-state index in [2.05, 4.69) is 9.98 Å². The normalized spacial score (nSPS) is 17.1. The molecule has 0 fully saturated rings. The smallest absolute Gasteiger partial charge is 0.265 e. The van der Waals surface area contributed by atoms with Gasteiger partial charge >= 0.3 is 0 Å². The fraction of sp³-hybridized carbons (Fsp3) is 0.0833. The van der Waals surface area contributed by atoms with E-state index in [1.165, 1.54) is 12.3 Å². The molecule has 5 nitrogen and oxygen atoms in total. The van der Waals surface area contributed by atoms with Gasteiger partial charge in [-0.25, -0.2) is 18.4 Å². The van der Waals surface area contributed by atoms with Crippen LogP contribution in [0.2, 0.25) is 0 Å². The van der Waals surface area contributed by atoms with Crippen LogP contribution in [0.4, 0.5) is 5.69 Å². The standard InChI is InChI=1S/C12H8N2O3S/c1-18(16,17)7-2-3-10-9(6-7)8-4-5-13-12(15)11(8)14-10/h2-6H,1H3. The number of carbonyl (C=O) groups is 1.